The normalized spacial score (nSPS) is 17.9. The van der Waals surface area contributed by atoms with Crippen molar-refractivity contribution in [1.82, 2.24) is 5.32 Å². The van der Waals surface area contributed by atoms with Crippen LogP contribution in [0.3, 0.4) is 0 Å². The molecule has 0 aliphatic carbocycles. The van der Waals surface area contributed by atoms with E-state index >= 15 is 0 Å². The van der Waals surface area contributed by atoms with Crippen molar-refractivity contribution in [2.24, 2.45) is 0 Å². The molecule has 2 N–H and O–H groups in total. The van der Waals surface area contributed by atoms with E-state index in [4.69, 9.17) is 0 Å². The molecular weight excluding hydrogens is 282 g/mol. The first-order valence-electron chi connectivity index (χ1n) is 7.45. The molecule has 1 saturated heterocycles. The molecule has 0 spiro atoms. The van der Waals surface area contributed by atoms with E-state index in [1.807, 2.05) is 49.0 Å². The van der Waals surface area contributed by atoms with E-state index in [0.29, 0.717) is 6.42 Å². The van der Waals surface area contributed by atoms with Gasteiger partial charge >= 0.3 is 0 Å². The highest BCUT2D eigenvalue weighted by Crippen LogP contribution is 2.21. The third-order valence-electron chi connectivity index (χ3n) is 3.71. The van der Waals surface area contributed by atoms with Crippen molar-refractivity contribution in [3.63, 3.8) is 0 Å². The van der Waals surface area contributed by atoms with Gasteiger partial charge in [0.05, 0.1) is 12.1 Å². The molecule has 4 heteroatoms. The van der Waals surface area contributed by atoms with Gasteiger partial charge in [0.2, 0.25) is 5.91 Å². The molecule has 1 aromatic rings. The maximum Gasteiger partial charge on any atom is 0.244 e. The molecule has 0 saturated carbocycles. The molecule has 0 aromatic heterocycles. The van der Waals surface area contributed by atoms with Gasteiger partial charge in [0.25, 0.3) is 0 Å². The summed E-state index contributed by atoms with van der Waals surface area (Å²) in [5, 5.41) is 13.1. The van der Waals surface area contributed by atoms with Gasteiger partial charge in [-0.2, -0.15) is 11.8 Å². The topological polar surface area (TPSA) is 49.3 Å². The van der Waals surface area contributed by atoms with Crippen molar-refractivity contribution in [3.8, 4) is 0 Å². The minimum atomic E-state index is -0.573. The number of allylic oxidation sites excluding steroid dienone is 1. The van der Waals surface area contributed by atoms with Crippen molar-refractivity contribution in [2.75, 3.05) is 11.5 Å². The second-order valence-corrected chi connectivity index (χ2v) is 6.69. The number of carbonyl (C=O) groups excluding carboxylic acids is 1. The van der Waals surface area contributed by atoms with E-state index in [1.54, 1.807) is 6.08 Å². The molecule has 3 nitrogen and oxygen atoms in total. The maximum absolute atomic E-state index is 12.0. The van der Waals surface area contributed by atoms with Crippen LogP contribution in [0.1, 0.15) is 25.3 Å². The van der Waals surface area contributed by atoms with Crippen LogP contribution in [0.25, 0.3) is 0 Å². The molecule has 1 heterocycles. The number of aliphatic hydroxyl groups is 1. The summed E-state index contributed by atoms with van der Waals surface area (Å²) in [6.45, 7) is 1.85. The Morgan fingerprint density at radius 3 is 2.67 bits per heavy atom. The van der Waals surface area contributed by atoms with E-state index in [2.05, 4.69) is 5.32 Å². The lowest BCUT2D eigenvalue weighted by atomic mass is 10.0. The minimum absolute atomic E-state index is 0.0866. The highest BCUT2D eigenvalue weighted by atomic mass is 32.2. The zero-order valence-corrected chi connectivity index (χ0v) is 13.2. The van der Waals surface area contributed by atoms with Crippen LogP contribution in [0.4, 0.5) is 0 Å². The first-order valence-corrected chi connectivity index (χ1v) is 8.60. The van der Waals surface area contributed by atoms with Crippen molar-refractivity contribution in [1.29, 1.82) is 0 Å². The lowest BCUT2D eigenvalue weighted by molar-refractivity contribution is -0.117. The number of aliphatic hydroxyl groups excluding tert-OH is 1. The predicted molar refractivity (Wildman–Crippen MR) is 88.4 cm³/mol. The van der Waals surface area contributed by atoms with Crippen molar-refractivity contribution >= 4 is 17.7 Å². The summed E-state index contributed by atoms with van der Waals surface area (Å²) in [5.41, 5.74) is 2.30. The van der Waals surface area contributed by atoms with Gasteiger partial charge in [-0.25, -0.2) is 0 Å². The fourth-order valence-electron chi connectivity index (χ4n) is 2.36. The van der Waals surface area contributed by atoms with Crippen LogP contribution in [-0.2, 0) is 11.2 Å². The van der Waals surface area contributed by atoms with E-state index in [0.717, 1.165) is 29.9 Å². The zero-order valence-electron chi connectivity index (χ0n) is 12.4. The Labute approximate surface area is 130 Å². The Morgan fingerprint density at radius 2 is 2.00 bits per heavy atom. The quantitative estimate of drug-likeness (QED) is 0.822. The second kappa shape index (κ2) is 8.25. The fraction of sp³-hybridized carbons (Fsp3) is 0.471. The average Bonchev–Trinajstić information content (AvgIpc) is 2.49. The van der Waals surface area contributed by atoms with Crippen LogP contribution < -0.4 is 5.32 Å². The van der Waals surface area contributed by atoms with Gasteiger partial charge in [0, 0.05) is 12.5 Å². The Bertz CT molecular complexity index is 479. The SMILES string of the molecule is CC(NC(=O)C=C1CCSCC1)C(O)Cc1ccccc1. The number of rotatable bonds is 5. The molecule has 1 aliphatic rings. The van der Waals surface area contributed by atoms with Crippen LogP contribution in [0, 0.1) is 0 Å². The molecule has 2 atom stereocenters. The van der Waals surface area contributed by atoms with Gasteiger partial charge in [0.15, 0.2) is 0 Å². The molecule has 2 unspecified atom stereocenters. The Kier molecular flexibility index (Phi) is 6.33. The standard InChI is InChI=1S/C17H23NO2S/c1-13(16(19)11-14-5-3-2-4-6-14)18-17(20)12-15-7-9-21-10-8-15/h2-6,12-13,16,19H,7-11H2,1H3,(H,18,20). The Balaban J connectivity index is 1.82. The summed E-state index contributed by atoms with van der Waals surface area (Å²) < 4.78 is 0. The van der Waals surface area contributed by atoms with Crippen molar-refractivity contribution in [2.45, 2.75) is 38.3 Å². The van der Waals surface area contributed by atoms with Crippen LogP contribution in [0.2, 0.25) is 0 Å². The van der Waals surface area contributed by atoms with E-state index in [9.17, 15) is 9.90 Å². The third-order valence-corrected chi connectivity index (χ3v) is 4.69. The van der Waals surface area contributed by atoms with Gasteiger partial charge in [-0.05, 0) is 36.8 Å². The number of benzene rings is 1. The summed E-state index contributed by atoms with van der Waals surface area (Å²) >= 11 is 1.93. The first-order chi connectivity index (χ1) is 10.1. The first kappa shape index (κ1) is 16.1. The van der Waals surface area contributed by atoms with E-state index < -0.39 is 6.10 Å². The number of carbonyl (C=O) groups is 1. The molecule has 1 amide bonds. The smallest absolute Gasteiger partial charge is 0.244 e. The molecule has 114 valence electrons. The van der Waals surface area contributed by atoms with Crippen LogP contribution >= 0.6 is 11.8 Å². The monoisotopic (exact) mass is 305 g/mol. The summed E-state index contributed by atoms with van der Waals surface area (Å²) in [5.74, 6) is 2.12. The highest BCUT2D eigenvalue weighted by Gasteiger charge is 2.17. The summed E-state index contributed by atoms with van der Waals surface area (Å²) in [4.78, 5) is 12.0. The van der Waals surface area contributed by atoms with Gasteiger partial charge in [-0.1, -0.05) is 35.9 Å². The maximum atomic E-state index is 12.0. The lowest BCUT2D eigenvalue weighted by Gasteiger charge is -2.20. The largest absolute Gasteiger partial charge is 0.391 e. The van der Waals surface area contributed by atoms with Crippen molar-refractivity contribution in [3.05, 3.63) is 47.5 Å². The third kappa shape index (κ3) is 5.56. The summed E-state index contributed by atoms with van der Waals surface area (Å²) in [6, 6.07) is 9.58. The number of nitrogens with one attached hydrogen (secondary N) is 1. The van der Waals surface area contributed by atoms with Crippen LogP contribution in [-0.4, -0.2) is 34.7 Å². The Morgan fingerprint density at radius 1 is 1.33 bits per heavy atom. The molecule has 1 aromatic carbocycles. The van der Waals surface area contributed by atoms with E-state index in [-0.39, 0.29) is 11.9 Å². The second-order valence-electron chi connectivity index (χ2n) is 5.47. The fourth-order valence-corrected chi connectivity index (χ4v) is 3.38. The van der Waals surface area contributed by atoms with Gasteiger partial charge in [0.1, 0.15) is 0 Å². The number of hydrogen-bond acceptors (Lipinski definition) is 3. The molecular formula is C17H23NO2S. The summed E-state index contributed by atoms with van der Waals surface area (Å²) in [6.07, 6.45) is 3.69. The number of amides is 1. The molecule has 0 bridgehead atoms. The van der Waals surface area contributed by atoms with E-state index in [1.165, 1.54) is 5.57 Å². The molecule has 1 aliphatic heterocycles. The summed E-state index contributed by atoms with van der Waals surface area (Å²) in [7, 11) is 0. The van der Waals surface area contributed by atoms with Gasteiger partial charge in [-0.15, -0.1) is 0 Å². The van der Waals surface area contributed by atoms with Crippen LogP contribution in [0.5, 0.6) is 0 Å². The highest BCUT2D eigenvalue weighted by molar-refractivity contribution is 7.99. The van der Waals surface area contributed by atoms with Gasteiger partial charge < -0.3 is 10.4 Å². The number of thioether (sulfide) groups is 1. The molecule has 21 heavy (non-hydrogen) atoms. The number of hydrogen-bond donors (Lipinski definition) is 2. The zero-order chi connectivity index (χ0) is 15.1. The lowest BCUT2D eigenvalue weighted by Crippen LogP contribution is -2.41. The molecule has 0 radical (unpaired) electrons. The van der Waals surface area contributed by atoms with Gasteiger partial charge in [-0.3, -0.25) is 4.79 Å². The van der Waals surface area contributed by atoms with Crippen LogP contribution in [0.15, 0.2) is 42.0 Å². The van der Waals surface area contributed by atoms with Crippen molar-refractivity contribution < 1.29 is 9.90 Å². The molecule has 2 rings (SSSR count). The predicted octanol–water partition coefficient (Wildman–Crippen LogP) is 2.55. The Hall–Kier alpha value is -1.26. The minimum Gasteiger partial charge on any atom is -0.391 e. The molecule has 1 fully saturated rings. The average molecular weight is 305 g/mol.